The Morgan fingerprint density at radius 3 is 2.35 bits per heavy atom. The maximum absolute atomic E-state index is 12.0. The van der Waals surface area contributed by atoms with Crippen LogP contribution < -0.4 is 5.73 Å². The first-order valence-electron chi connectivity index (χ1n) is 6.59. The van der Waals surface area contributed by atoms with E-state index < -0.39 is 18.0 Å². The third-order valence-corrected chi connectivity index (χ3v) is 2.22. The molecule has 0 radical (unpaired) electrons. The molecule has 7 heteroatoms. The molecule has 0 aliphatic carbocycles. The number of rotatable bonds is 5. The number of carbonyl (C=O) groups is 1. The third-order valence-electron chi connectivity index (χ3n) is 2.22. The predicted octanol–water partition coefficient (Wildman–Crippen LogP) is 2.32. The van der Waals surface area contributed by atoms with Crippen LogP contribution in [0.1, 0.15) is 46.6 Å². The molecule has 1 aromatic heterocycles. The van der Waals surface area contributed by atoms with Gasteiger partial charge in [0.2, 0.25) is 12.2 Å². The smallest absolute Gasteiger partial charge is 0.421 e. The van der Waals surface area contributed by atoms with Crippen LogP contribution in [0.3, 0.4) is 0 Å². The fraction of sp³-hybridized carbons (Fsp3) is 0.692. The van der Waals surface area contributed by atoms with Gasteiger partial charge < -0.3 is 19.9 Å². The van der Waals surface area contributed by atoms with Crippen molar-refractivity contribution in [1.29, 1.82) is 0 Å². The van der Waals surface area contributed by atoms with Crippen molar-refractivity contribution in [2.24, 2.45) is 0 Å². The van der Waals surface area contributed by atoms with Crippen molar-refractivity contribution in [3.8, 4) is 0 Å². The molecule has 1 rings (SSSR count). The molecule has 0 saturated carbocycles. The molecule has 114 valence electrons. The lowest BCUT2D eigenvalue weighted by atomic mass is 10.2. The summed E-state index contributed by atoms with van der Waals surface area (Å²) in [6.45, 7) is 9.96. The van der Waals surface area contributed by atoms with Crippen molar-refractivity contribution < 1.29 is 19.0 Å². The number of aromatic nitrogens is 2. The SMILES string of the molecule is CCOC(OCC)c1cn(C(=O)OC(C)(C)C)c(N)n1. The molecule has 0 aliphatic heterocycles. The maximum atomic E-state index is 12.0. The van der Waals surface area contributed by atoms with Crippen LogP contribution in [0.5, 0.6) is 0 Å². The number of imidazole rings is 1. The first-order chi connectivity index (χ1) is 9.28. The zero-order valence-electron chi connectivity index (χ0n) is 12.7. The van der Waals surface area contributed by atoms with Gasteiger partial charge in [0.25, 0.3) is 0 Å². The number of hydrogen-bond acceptors (Lipinski definition) is 6. The van der Waals surface area contributed by atoms with E-state index in [1.807, 2.05) is 13.8 Å². The van der Waals surface area contributed by atoms with E-state index in [1.165, 1.54) is 6.20 Å². The quantitative estimate of drug-likeness (QED) is 0.835. The van der Waals surface area contributed by atoms with Crippen LogP contribution in [-0.4, -0.2) is 34.5 Å². The summed E-state index contributed by atoms with van der Waals surface area (Å²) in [5, 5.41) is 0. The summed E-state index contributed by atoms with van der Waals surface area (Å²) >= 11 is 0. The average Bonchev–Trinajstić information content (AvgIpc) is 2.69. The van der Waals surface area contributed by atoms with Gasteiger partial charge in [-0.2, -0.15) is 0 Å². The maximum Gasteiger partial charge on any atom is 0.421 e. The number of nitrogens with two attached hydrogens (primary N) is 1. The standard InChI is InChI=1S/C13H23N3O4/c1-6-18-10(19-7-2)9-8-16(11(14)15-9)12(17)20-13(3,4)5/h8,10H,6-7H2,1-5H3,(H2,14,15). The van der Waals surface area contributed by atoms with Gasteiger partial charge in [0.15, 0.2) is 0 Å². The first kappa shape index (κ1) is 16.5. The molecule has 0 bridgehead atoms. The van der Waals surface area contributed by atoms with E-state index in [1.54, 1.807) is 20.8 Å². The van der Waals surface area contributed by atoms with Gasteiger partial charge in [0.05, 0.1) is 0 Å². The molecule has 1 heterocycles. The lowest BCUT2D eigenvalue weighted by molar-refractivity contribution is -0.142. The molecular weight excluding hydrogens is 262 g/mol. The van der Waals surface area contributed by atoms with Crippen molar-refractivity contribution in [3.05, 3.63) is 11.9 Å². The highest BCUT2D eigenvalue weighted by molar-refractivity contribution is 5.74. The van der Waals surface area contributed by atoms with E-state index in [4.69, 9.17) is 19.9 Å². The number of ether oxygens (including phenoxy) is 3. The second-order valence-electron chi connectivity index (χ2n) is 5.12. The van der Waals surface area contributed by atoms with Crippen molar-refractivity contribution in [1.82, 2.24) is 9.55 Å². The number of nitrogen functional groups attached to an aromatic ring is 1. The molecule has 0 aliphatic rings. The Hall–Kier alpha value is -1.60. The van der Waals surface area contributed by atoms with Crippen LogP contribution in [-0.2, 0) is 14.2 Å². The summed E-state index contributed by atoms with van der Waals surface area (Å²) in [6, 6.07) is 0. The van der Waals surface area contributed by atoms with Crippen LogP contribution in [0.15, 0.2) is 6.20 Å². The minimum Gasteiger partial charge on any atom is -0.443 e. The van der Waals surface area contributed by atoms with Gasteiger partial charge in [-0.25, -0.2) is 14.3 Å². The molecule has 0 aromatic carbocycles. The van der Waals surface area contributed by atoms with E-state index in [0.29, 0.717) is 18.9 Å². The molecule has 20 heavy (non-hydrogen) atoms. The monoisotopic (exact) mass is 285 g/mol. The minimum atomic E-state index is -0.643. The Morgan fingerprint density at radius 2 is 1.90 bits per heavy atom. The fourth-order valence-electron chi connectivity index (χ4n) is 1.51. The molecule has 0 atom stereocenters. The summed E-state index contributed by atoms with van der Waals surface area (Å²) < 4.78 is 17.2. The summed E-state index contributed by atoms with van der Waals surface area (Å²) in [4.78, 5) is 16.1. The van der Waals surface area contributed by atoms with Gasteiger partial charge >= 0.3 is 6.09 Å². The number of carbonyl (C=O) groups excluding carboxylic acids is 1. The molecule has 0 fully saturated rings. The van der Waals surface area contributed by atoms with Crippen molar-refractivity contribution in [2.45, 2.75) is 46.5 Å². The van der Waals surface area contributed by atoms with E-state index in [0.717, 1.165) is 4.57 Å². The minimum absolute atomic E-state index is 0.0404. The van der Waals surface area contributed by atoms with E-state index in [2.05, 4.69) is 4.98 Å². The summed E-state index contributed by atoms with van der Waals surface area (Å²) in [6.07, 6.45) is 0.246. The summed E-state index contributed by atoms with van der Waals surface area (Å²) in [7, 11) is 0. The van der Waals surface area contributed by atoms with Crippen LogP contribution in [0.4, 0.5) is 10.7 Å². The average molecular weight is 285 g/mol. The number of hydrogen-bond donors (Lipinski definition) is 1. The third kappa shape index (κ3) is 4.50. The van der Waals surface area contributed by atoms with Crippen LogP contribution in [0.2, 0.25) is 0 Å². The van der Waals surface area contributed by atoms with E-state index >= 15 is 0 Å². The molecule has 1 aromatic rings. The summed E-state index contributed by atoms with van der Waals surface area (Å²) in [5.74, 6) is 0.0404. The Morgan fingerprint density at radius 1 is 1.35 bits per heavy atom. The van der Waals surface area contributed by atoms with Crippen LogP contribution >= 0.6 is 0 Å². The molecular formula is C13H23N3O4. The van der Waals surface area contributed by atoms with Crippen LogP contribution in [0, 0.1) is 0 Å². The van der Waals surface area contributed by atoms with Crippen molar-refractivity contribution in [3.63, 3.8) is 0 Å². The first-order valence-corrected chi connectivity index (χ1v) is 6.59. The Balaban J connectivity index is 2.93. The van der Waals surface area contributed by atoms with Gasteiger partial charge in [-0.1, -0.05) is 0 Å². The second kappa shape index (κ2) is 6.71. The van der Waals surface area contributed by atoms with Gasteiger partial charge in [0, 0.05) is 19.4 Å². The van der Waals surface area contributed by atoms with Gasteiger partial charge in [-0.3, -0.25) is 0 Å². The normalized spacial score (nSPS) is 11.9. The van der Waals surface area contributed by atoms with Crippen molar-refractivity contribution >= 4 is 12.0 Å². The highest BCUT2D eigenvalue weighted by atomic mass is 16.7. The summed E-state index contributed by atoms with van der Waals surface area (Å²) in [5.41, 5.74) is 5.57. The zero-order valence-corrected chi connectivity index (χ0v) is 12.7. The highest BCUT2D eigenvalue weighted by Crippen LogP contribution is 2.20. The lowest BCUT2D eigenvalue weighted by Gasteiger charge is -2.19. The van der Waals surface area contributed by atoms with Gasteiger partial charge in [-0.05, 0) is 34.6 Å². The molecule has 0 unspecified atom stereocenters. The van der Waals surface area contributed by atoms with E-state index in [9.17, 15) is 4.79 Å². The molecule has 7 nitrogen and oxygen atoms in total. The van der Waals surface area contributed by atoms with Gasteiger partial charge in [0.1, 0.15) is 11.3 Å². The predicted molar refractivity (Wildman–Crippen MR) is 74.3 cm³/mol. The fourth-order valence-corrected chi connectivity index (χ4v) is 1.51. The van der Waals surface area contributed by atoms with Gasteiger partial charge in [-0.15, -0.1) is 0 Å². The Labute approximate surface area is 119 Å². The largest absolute Gasteiger partial charge is 0.443 e. The molecule has 0 saturated heterocycles. The molecule has 0 spiro atoms. The lowest BCUT2D eigenvalue weighted by Crippen LogP contribution is -2.27. The van der Waals surface area contributed by atoms with Crippen molar-refractivity contribution in [2.75, 3.05) is 18.9 Å². The molecule has 0 amide bonds. The molecule has 2 N–H and O–H groups in total. The Kier molecular flexibility index (Phi) is 5.52. The number of nitrogens with zero attached hydrogens (tertiary/aromatic N) is 2. The highest BCUT2D eigenvalue weighted by Gasteiger charge is 2.23. The second-order valence-corrected chi connectivity index (χ2v) is 5.12. The van der Waals surface area contributed by atoms with E-state index in [-0.39, 0.29) is 5.95 Å². The van der Waals surface area contributed by atoms with Crippen LogP contribution in [0.25, 0.3) is 0 Å². The number of anilines is 1. The Bertz CT molecular complexity index is 445. The topological polar surface area (TPSA) is 88.6 Å². The zero-order chi connectivity index (χ0) is 15.3.